The topological polar surface area (TPSA) is 48.9 Å². The van der Waals surface area contributed by atoms with Gasteiger partial charge in [0.05, 0.1) is 11.7 Å². The molecular formula is C22H27N5S. The lowest BCUT2D eigenvalue weighted by Crippen LogP contribution is -2.18. The number of aromatic nitrogens is 3. The van der Waals surface area contributed by atoms with Gasteiger partial charge in [-0.25, -0.2) is 0 Å². The molecule has 1 aliphatic rings. The van der Waals surface area contributed by atoms with Crippen molar-refractivity contribution in [1.82, 2.24) is 24.2 Å². The van der Waals surface area contributed by atoms with E-state index >= 15 is 0 Å². The van der Waals surface area contributed by atoms with Gasteiger partial charge in [-0.15, -0.1) is 0 Å². The van der Waals surface area contributed by atoms with E-state index in [1.54, 1.807) is 11.9 Å². The molecule has 0 radical (unpaired) electrons. The molecule has 28 heavy (non-hydrogen) atoms. The largest absolute Gasteiger partial charge is 0.361 e. The number of fused-ring (bicyclic) bond motifs is 2. The van der Waals surface area contributed by atoms with Crippen molar-refractivity contribution in [2.45, 2.75) is 24.3 Å². The summed E-state index contributed by atoms with van der Waals surface area (Å²) >= 11 is 1.62. The average molecular weight is 394 g/mol. The number of likely N-dealkylation sites (tertiary alicyclic amines) is 1. The minimum Gasteiger partial charge on any atom is -0.361 e. The fraction of sp³-hybridized carbons (Fsp3) is 0.318. The molecule has 0 amide bonds. The molecule has 5 rings (SSSR count). The Morgan fingerprint density at radius 3 is 2.86 bits per heavy atom. The summed E-state index contributed by atoms with van der Waals surface area (Å²) in [5.74, 6) is 0. The molecule has 5 nitrogen and oxygen atoms in total. The van der Waals surface area contributed by atoms with E-state index in [1.165, 1.54) is 58.2 Å². The molecule has 3 aromatic heterocycles. The summed E-state index contributed by atoms with van der Waals surface area (Å²) in [6.45, 7) is 3.59. The zero-order valence-corrected chi connectivity index (χ0v) is 17.3. The van der Waals surface area contributed by atoms with Gasteiger partial charge < -0.3 is 9.55 Å². The molecule has 0 spiro atoms. The first-order chi connectivity index (χ1) is 13.7. The van der Waals surface area contributed by atoms with Gasteiger partial charge >= 0.3 is 0 Å². The van der Waals surface area contributed by atoms with E-state index in [0.29, 0.717) is 0 Å². The quantitative estimate of drug-likeness (QED) is 0.499. The number of hydrogen-bond donors (Lipinski definition) is 2. The Balaban J connectivity index is 0.000000143. The lowest BCUT2D eigenvalue weighted by molar-refractivity contribution is 0.332. The van der Waals surface area contributed by atoms with Crippen molar-refractivity contribution in [1.29, 1.82) is 0 Å². The monoisotopic (exact) mass is 393 g/mol. The van der Waals surface area contributed by atoms with Crippen LogP contribution in [-0.4, -0.2) is 39.6 Å². The Kier molecular flexibility index (Phi) is 6.00. The van der Waals surface area contributed by atoms with Gasteiger partial charge in [0.2, 0.25) is 0 Å². The van der Waals surface area contributed by atoms with Gasteiger partial charge in [-0.1, -0.05) is 6.07 Å². The van der Waals surface area contributed by atoms with E-state index in [0.717, 1.165) is 6.54 Å². The van der Waals surface area contributed by atoms with E-state index in [4.69, 9.17) is 0 Å². The second-order valence-electron chi connectivity index (χ2n) is 7.17. The number of nitrogens with zero attached hydrogens (tertiary/aromatic N) is 3. The molecular weight excluding hydrogens is 366 g/mol. The van der Waals surface area contributed by atoms with Crippen LogP contribution in [0.4, 0.5) is 0 Å². The molecule has 1 aliphatic heterocycles. The van der Waals surface area contributed by atoms with E-state index in [1.807, 2.05) is 25.6 Å². The van der Waals surface area contributed by atoms with Crippen molar-refractivity contribution in [3.8, 4) is 0 Å². The molecule has 0 saturated carbocycles. The predicted molar refractivity (Wildman–Crippen MR) is 118 cm³/mol. The van der Waals surface area contributed by atoms with Crippen LogP contribution in [0.2, 0.25) is 0 Å². The highest BCUT2D eigenvalue weighted by Crippen LogP contribution is 2.22. The number of hydrogen-bond acceptors (Lipinski definition) is 4. The molecule has 146 valence electrons. The van der Waals surface area contributed by atoms with Crippen LogP contribution in [0.5, 0.6) is 0 Å². The third-order valence-electron chi connectivity index (χ3n) is 5.21. The predicted octanol–water partition coefficient (Wildman–Crippen LogP) is 4.56. The molecule has 0 bridgehead atoms. The van der Waals surface area contributed by atoms with Crippen molar-refractivity contribution < 1.29 is 0 Å². The van der Waals surface area contributed by atoms with Gasteiger partial charge in [0.25, 0.3) is 0 Å². The minimum atomic E-state index is 1.08. The van der Waals surface area contributed by atoms with Crippen LogP contribution in [-0.2, 0) is 13.6 Å². The zero-order valence-electron chi connectivity index (χ0n) is 16.5. The van der Waals surface area contributed by atoms with Crippen LogP contribution >= 0.6 is 11.9 Å². The first-order valence-electron chi connectivity index (χ1n) is 9.75. The van der Waals surface area contributed by atoms with Crippen LogP contribution in [0.25, 0.3) is 21.8 Å². The van der Waals surface area contributed by atoms with Gasteiger partial charge in [0.15, 0.2) is 0 Å². The van der Waals surface area contributed by atoms with E-state index < -0.39 is 0 Å². The maximum absolute atomic E-state index is 4.18. The van der Waals surface area contributed by atoms with E-state index in [9.17, 15) is 0 Å². The smallest absolute Gasteiger partial charge is 0.0667 e. The van der Waals surface area contributed by atoms with Gasteiger partial charge in [-0.05, 0) is 80.1 Å². The van der Waals surface area contributed by atoms with Crippen LogP contribution in [0.15, 0.2) is 60.0 Å². The third-order valence-corrected chi connectivity index (χ3v) is 5.91. The first-order valence-corrected chi connectivity index (χ1v) is 10.6. The van der Waals surface area contributed by atoms with Gasteiger partial charge in [0.1, 0.15) is 0 Å². The van der Waals surface area contributed by atoms with Crippen molar-refractivity contribution in [3.05, 3.63) is 60.7 Å². The van der Waals surface area contributed by atoms with E-state index in [-0.39, 0.29) is 0 Å². The summed E-state index contributed by atoms with van der Waals surface area (Å²) < 4.78 is 5.22. The highest BCUT2D eigenvalue weighted by Gasteiger charge is 2.14. The number of H-pyrrole nitrogens is 1. The zero-order chi connectivity index (χ0) is 19.3. The molecule has 4 heterocycles. The van der Waals surface area contributed by atoms with Crippen LogP contribution < -0.4 is 4.72 Å². The number of nitrogens with one attached hydrogen (secondary N) is 2. The second-order valence-corrected chi connectivity index (χ2v) is 8.26. The Morgan fingerprint density at radius 2 is 2.04 bits per heavy atom. The number of aryl methyl sites for hydroxylation is 1. The molecule has 1 fully saturated rings. The van der Waals surface area contributed by atoms with Crippen molar-refractivity contribution in [3.63, 3.8) is 0 Å². The first kappa shape index (κ1) is 19.1. The normalized spacial score (nSPS) is 14.5. The maximum atomic E-state index is 4.18. The summed E-state index contributed by atoms with van der Waals surface area (Å²) in [5, 5.41) is 2.61. The highest BCUT2D eigenvalue weighted by atomic mass is 32.2. The molecule has 2 N–H and O–H groups in total. The minimum absolute atomic E-state index is 1.08. The Morgan fingerprint density at radius 1 is 1.18 bits per heavy atom. The van der Waals surface area contributed by atoms with Crippen LogP contribution in [0.1, 0.15) is 18.4 Å². The number of aromatic amines is 1. The SMILES string of the molecule is CNSc1ccc2cc[nH]c2c1.Cn1cc(CN2CCCC2)c2ccncc21. The standard InChI is InChI=1S/C13H17N3.C9H10N2S/c1-15-9-11(10-16-6-2-3-7-16)12-4-5-14-8-13(12)15;1-10-12-8-3-2-7-4-5-11-9(7)6-8/h4-5,8-9H,2-3,6-7,10H2,1H3;2-6,10-11H,1H3. The summed E-state index contributed by atoms with van der Waals surface area (Å²) in [6, 6.07) is 10.6. The summed E-state index contributed by atoms with van der Waals surface area (Å²) in [6.07, 6.45) is 10.7. The molecule has 1 saturated heterocycles. The Bertz CT molecular complexity index is 1050. The highest BCUT2D eigenvalue weighted by molar-refractivity contribution is 7.97. The van der Waals surface area contributed by atoms with Gasteiger partial charge in [0, 0.05) is 48.0 Å². The summed E-state index contributed by atoms with van der Waals surface area (Å²) in [4.78, 5) is 11.1. The number of benzene rings is 1. The van der Waals surface area contributed by atoms with Crippen LogP contribution in [0, 0.1) is 0 Å². The number of pyridine rings is 1. The molecule has 0 aliphatic carbocycles. The number of rotatable bonds is 4. The lowest BCUT2D eigenvalue weighted by atomic mass is 10.2. The molecule has 1 aromatic carbocycles. The van der Waals surface area contributed by atoms with Crippen molar-refractivity contribution >= 4 is 33.8 Å². The Hall–Kier alpha value is -2.28. The fourth-order valence-electron chi connectivity index (χ4n) is 3.83. The van der Waals surface area contributed by atoms with Gasteiger partial charge in [-0.3, -0.25) is 14.6 Å². The van der Waals surface area contributed by atoms with Crippen molar-refractivity contribution in [2.75, 3.05) is 20.1 Å². The molecule has 0 unspecified atom stereocenters. The molecule has 4 aromatic rings. The second kappa shape index (κ2) is 8.82. The summed E-state index contributed by atoms with van der Waals surface area (Å²) in [5.41, 5.74) is 3.86. The van der Waals surface area contributed by atoms with Gasteiger partial charge in [-0.2, -0.15) is 0 Å². The molecule has 6 heteroatoms. The maximum Gasteiger partial charge on any atom is 0.0667 e. The van der Waals surface area contributed by atoms with Crippen LogP contribution in [0.3, 0.4) is 0 Å². The lowest BCUT2D eigenvalue weighted by Gasteiger charge is -2.13. The van der Waals surface area contributed by atoms with Crippen molar-refractivity contribution in [2.24, 2.45) is 7.05 Å². The fourth-order valence-corrected chi connectivity index (χ4v) is 4.38. The average Bonchev–Trinajstić information content (AvgIpc) is 3.45. The molecule has 0 atom stereocenters. The third kappa shape index (κ3) is 4.24. The summed E-state index contributed by atoms with van der Waals surface area (Å²) in [7, 11) is 4.01. The van der Waals surface area contributed by atoms with E-state index in [2.05, 4.69) is 67.7 Å². The Labute approximate surface area is 170 Å².